The maximum Gasteiger partial charge on any atom is 0.180 e. The minimum Gasteiger partial charge on any atom is -0.352 e. The Balaban J connectivity index is 1.72. The van der Waals surface area contributed by atoms with Crippen LogP contribution in [0, 0.1) is 16.6 Å². The number of rotatable bonds is 2. The second-order valence-corrected chi connectivity index (χ2v) is 11.5. The first-order valence-corrected chi connectivity index (χ1v) is 12.7. The molecule has 1 fully saturated rings. The highest BCUT2D eigenvalue weighted by Crippen LogP contribution is 2.61. The minimum absolute atomic E-state index is 0.171. The van der Waals surface area contributed by atoms with Gasteiger partial charge < -0.3 is 4.90 Å². The topological polar surface area (TPSA) is 54.5 Å². The van der Waals surface area contributed by atoms with E-state index < -0.39 is 34.6 Å². The summed E-state index contributed by atoms with van der Waals surface area (Å²) in [5.74, 6) is -2.50. The zero-order valence-corrected chi connectivity index (χ0v) is 21.4. The third-order valence-electron chi connectivity index (χ3n) is 8.01. The highest BCUT2D eigenvalue weighted by atomic mass is 35.5. The van der Waals surface area contributed by atoms with Crippen molar-refractivity contribution in [1.29, 1.82) is 0 Å². The molecule has 2 heterocycles. The van der Waals surface area contributed by atoms with Gasteiger partial charge in [0.15, 0.2) is 17.3 Å². The third kappa shape index (κ3) is 3.10. The Labute approximate surface area is 219 Å². The molecule has 4 nitrogen and oxygen atoms in total. The van der Waals surface area contributed by atoms with Crippen molar-refractivity contribution in [3.63, 3.8) is 0 Å². The molecule has 0 bridgehead atoms. The highest BCUT2D eigenvalue weighted by Gasteiger charge is 2.72. The fraction of sp³-hybridized carbons (Fsp3) is 0.258. The summed E-state index contributed by atoms with van der Waals surface area (Å²) in [5, 5.41) is 0.528. The molecule has 0 unspecified atom stereocenters. The normalized spacial score (nSPS) is 23.3. The number of halogens is 2. The van der Waals surface area contributed by atoms with Gasteiger partial charge >= 0.3 is 0 Å². The zero-order chi connectivity index (χ0) is 26.3. The van der Waals surface area contributed by atoms with E-state index >= 15 is 4.39 Å². The van der Waals surface area contributed by atoms with E-state index in [9.17, 15) is 14.4 Å². The van der Waals surface area contributed by atoms with Crippen LogP contribution >= 0.6 is 11.6 Å². The fourth-order valence-electron chi connectivity index (χ4n) is 6.46. The standard InChI is InChI=1S/C31H25ClFNO3/c1-30(2,3)29(37)26-25(21-10-6-7-11-22(21)33)31(27(35)19-8-4-5-9-20(19)28(31)36)24-15-12-17-16-18(32)13-14-23(17)34(24)26/h4-16,24-26H,1-3H3/t24-,25-,26+/m0/s1. The van der Waals surface area contributed by atoms with Gasteiger partial charge in [-0.1, -0.05) is 87.0 Å². The van der Waals surface area contributed by atoms with Gasteiger partial charge in [-0.2, -0.15) is 0 Å². The molecule has 37 heavy (non-hydrogen) atoms. The van der Waals surface area contributed by atoms with Crippen LogP contribution in [0.1, 0.15) is 58.5 Å². The van der Waals surface area contributed by atoms with E-state index in [1.807, 2.05) is 43.9 Å². The van der Waals surface area contributed by atoms with Gasteiger partial charge in [-0.25, -0.2) is 4.39 Å². The van der Waals surface area contributed by atoms with Crippen LogP contribution in [0.15, 0.2) is 72.8 Å². The van der Waals surface area contributed by atoms with Crippen molar-refractivity contribution in [2.24, 2.45) is 10.8 Å². The van der Waals surface area contributed by atoms with Crippen LogP contribution < -0.4 is 4.90 Å². The lowest BCUT2D eigenvalue weighted by atomic mass is 9.63. The maximum absolute atomic E-state index is 15.6. The second kappa shape index (κ2) is 7.96. The molecule has 6 heteroatoms. The predicted octanol–water partition coefficient (Wildman–Crippen LogP) is 6.53. The first-order valence-electron chi connectivity index (χ1n) is 12.3. The molecule has 0 N–H and O–H groups in total. The molecule has 0 aromatic heterocycles. The summed E-state index contributed by atoms with van der Waals surface area (Å²) in [6.07, 6.45) is 3.65. The van der Waals surface area contributed by atoms with Crippen molar-refractivity contribution in [3.8, 4) is 0 Å². The van der Waals surface area contributed by atoms with E-state index in [0.29, 0.717) is 21.8 Å². The van der Waals surface area contributed by atoms with E-state index in [-0.39, 0.29) is 22.9 Å². The molecule has 1 aliphatic carbocycles. The molecule has 3 aromatic rings. The van der Waals surface area contributed by atoms with Gasteiger partial charge in [0.2, 0.25) is 0 Å². The number of carbonyl (C=O) groups is 3. The van der Waals surface area contributed by atoms with Crippen molar-refractivity contribution >= 4 is 40.7 Å². The van der Waals surface area contributed by atoms with Crippen molar-refractivity contribution in [3.05, 3.63) is 106 Å². The van der Waals surface area contributed by atoms with Gasteiger partial charge in [0.1, 0.15) is 11.2 Å². The van der Waals surface area contributed by atoms with E-state index in [4.69, 9.17) is 11.6 Å². The Hall–Kier alpha value is -3.57. The molecule has 0 amide bonds. The van der Waals surface area contributed by atoms with Gasteiger partial charge in [-0.3, -0.25) is 14.4 Å². The average Bonchev–Trinajstić information content (AvgIpc) is 3.29. The molecular weight excluding hydrogens is 489 g/mol. The molecule has 186 valence electrons. The number of Topliss-reactive ketones (excluding diaryl/α,β-unsaturated/α-hetero) is 3. The largest absolute Gasteiger partial charge is 0.352 e. The summed E-state index contributed by atoms with van der Waals surface area (Å²) >= 11 is 6.29. The summed E-state index contributed by atoms with van der Waals surface area (Å²) in [7, 11) is 0. The first-order chi connectivity index (χ1) is 17.6. The molecule has 1 saturated heterocycles. The molecule has 3 aromatic carbocycles. The Kier molecular flexibility index (Phi) is 5.12. The Bertz CT molecular complexity index is 1500. The summed E-state index contributed by atoms with van der Waals surface area (Å²) in [5.41, 5.74) is -0.246. The lowest BCUT2D eigenvalue weighted by molar-refractivity contribution is -0.127. The monoisotopic (exact) mass is 513 g/mol. The number of benzene rings is 3. The van der Waals surface area contributed by atoms with Gasteiger partial charge in [0, 0.05) is 33.2 Å². The molecular formula is C31H25ClFNO3. The van der Waals surface area contributed by atoms with Gasteiger partial charge in [0.25, 0.3) is 0 Å². The molecule has 0 radical (unpaired) electrons. The summed E-state index contributed by atoms with van der Waals surface area (Å²) in [6, 6.07) is 16.5. The number of hydrogen-bond donors (Lipinski definition) is 0. The molecule has 3 aliphatic rings. The van der Waals surface area contributed by atoms with Gasteiger partial charge in [0.05, 0.1) is 12.1 Å². The van der Waals surface area contributed by atoms with E-state index in [2.05, 4.69) is 0 Å². The highest BCUT2D eigenvalue weighted by molar-refractivity contribution is 6.32. The predicted molar refractivity (Wildman–Crippen MR) is 142 cm³/mol. The minimum atomic E-state index is -1.70. The number of nitrogens with zero attached hydrogens (tertiary/aromatic N) is 1. The Morgan fingerprint density at radius 3 is 2.19 bits per heavy atom. The van der Waals surface area contributed by atoms with Crippen LogP contribution in [0.25, 0.3) is 6.08 Å². The van der Waals surface area contributed by atoms with Crippen LogP contribution in [0.2, 0.25) is 5.02 Å². The number of ketones is 3. The number of anilines is 1. The van der Waals surface area contributed by atoms with E-state index in [0.717, 1.165) is 5.56 Å². The van der Waals surface area contributed by atoms with E-state index in [1.54, 1.807) is 54.6 Å². The van der Waals surface area contributed by atoms with Crippen molar-refractivity contribution in [1.82, 2.24) is 0 Å². The fourth-order valence-corrected chi connectivity index (χ4v) is 6.64. The molecule has 3 atom stereocenters. The zero-order valence-electron chi connectivity index (χ0n) is 20.7. The van der Waals surface area contributed by atoms with Crippen LogP contribution in [-0.2, 0) is 4.79 Å². The average molecular weight is 514 g/mol. The Morgan fingerprint density at radius 1 is 0.946 bits per heavy atom. The van der Waals surface area contributed by atoms with Crippen molar-refractivity contribution in [2.45, 2.75) is 38.8 Å². The quantitative estimate of drug-likeness (QED) is 0.366. The smallest absolute Gasteiger partial charge is 0.180 e. The van der Waals surface area contributed by atoms with Crippen LogP contribution in [-0.4, -0.2) is 29.4 Å². The lowest BCUT2D eigenvalue weighted by Crippen LogP contribution is -2.49. The van der Waals surface area contributed by atoms with Crippen LogP contribution in [0.3, 0.4) is 0 Å². The van der Waals surface area contributed by atoms with Crippen molar-refractivity contribution < 1.29 is 18.8 Å². The SMILES string of the molecule is CC(C)(C)C(=O)[C@H]1[C@H](c2ccccc2F)C2(C(=O)c3ccccc3C2=O)[C@@H]2C=Cc3cc(Cl)ccc3N21. The third-order valence-corrected chi connectivity index (χ3v) is 8.25. The van der Waals surface area contributed by atoms with Crippen LogP contribution in [0.4, 0.5) is 10.1 Å². The number of hydrogen-bond acceptors (Lipinski definition) is 4. The number of fused-ring (bicyclic) bond motifs is 5. The molecule has 6 rings (SSSR count). The van der Waals surface area contributed by atoms with Gasteiger partial charge in [-0.15, -0.1) is 0 Å². The Morgan fingerprint density at radius 2 is 1.57 bits per heavy atom. The van der Waals surface area contributed by atoms with Crippen LogP contribution in [0.5, 0.6) is 0 Å². The second-order valence-electron chi connectivity index (χ2n) is 11.0. The summed E-state index contributed by atoms with van der Waals surface area (Å²) in [4.78, 5) is 45.0. The van der Waals surface area contributed by atoms with E-state index in [1.165, 1.54) is 6.07 Å². The lowest BCUT2D eigenvalue weighted by Gasteiger charge is -2.38. The number of carbonyl (C=O) groups excluding carboxylic acids is 3. The first kappa shape index (κ1) is 23.8. The summed E-state index contributed by atoms with van der Waals surface area (Å²) in [6.45, 7) is 5.43. The maximum atomic E-state index is 15.6. The molecule has 0 saturated carbocycles. The summed E-state index contributed by atoms with van der Waals surface area (Å²) < 4.78 is 15.6. The van der Waals surface area contributed by atoms with Crippen molar-refractivity contribution in [2.75, 3.05) is 4.90 Å². The molecule has 2 aliphatic heterocycles. The van der Waals surface area contributed by atoms with Gasteiger partial charge in [-0.05, 0) is 35.4 Å². The molecule has 1 spiro atoms.